The van der Waals surface area contributed by atoms with Crippen molar-refractivity contribution in [3.05, 3.63) is 52.8 Å². The summed E-state index contributed by atoms with van der Waals surface area (Å²) in [6, 6.07) is 8.29. The molecule has 0 aliphatic heterocycles. The summed E-state index contributed by atoms with van der Waals surface area (Å²) in [4.78, 5) is 32.6. The van der Waals surface area contributed by atoms with Gasteiger partial charge in [-0.1, -0.05) is 41.6 Å². The van der Waals surface area contributed by atoms with E-state index in [2.05, 4.69) is 44.1 Å². The van der Waals surface area contributed by atoms with Crippen molar-refractivity contribution in [2.75, 3.05) is 12.9 Å². The first-order valence-corrected chi connectivity index (χ1v) is 9.57. The zero-order chi connectivity index (χ0) is 19.0. The van der Waals surface area contributed by atoms with Gasteiger partial charge in [-0.25, -0.2) is 4.98 Å². The molecule has 0 saturated carbocycles. The topological polar surface area (TPSA) is 86.4 Å². The smallest absolute Gasteiger partial charge is 0.316 e. The molecule has 0 saturated heterocycles. The summed E-state index contributed by atoms with van der Waals surface area (Å²) in [5.74, 6) is 0.379. The Morgan fingerprint density at radius 1 is 1.30 bits per heavy atom. The number of nitrogens with zero attached hydrogens (tertiary/aromatic N) is 4. The van der Waals surface area contributed by atoms with Crippen LogP contribution in [0.2, 0.25) is 0 Å². The third-order valence-electron chi connectivity index (χ3n) is 4.71. The van der Waals surface area contributed by atoms with Crippen molar-refractivity contribution >= 4 is 29.3 Å². The number of carbonyl (C=O) groups excluding carboxylic acids is 2. The van der Waals surface area contributed by atoms with Gasteiger partial charge in [0.2, 0.25) is 5.16 Å². The van der Waals surface area contributed by atoms with Crippen molar-refractivity contribution in [1.29, 1.82) is 0 Å². The number of fused-ring (bicyclic) bond motifs is 3. The summed E-state index contributed by atoms with van der Waals surface area (Å²) in [6.07, 6.45) is 2.73. The van der Waals surface area contributed by atoms with Gasteiger partial charge in [0.25, 0.3) is 5.78 Å². The fraction of sp³-hybridized carbons (Fsp3) is 0.316. The van der Waals surface area contributed by atoms with Gasteiger partial charge < -0.3 is 4.74 Å². The zero-order valence-electron chi connectivity index (χ0n) is 15.0. The second-order valence-corrected chi connectivity index (χ2v) is 7.47. The summed E-state index contributed by atoms with van der Waals surface area (Å²) < 4.78 is 6.27. The lowest BCUT2D eigenvalue weighted by Gasteiger charge is -2.23. The maximum atomic E-state index is 12.7. The van der Waals surface area contributed by atoms with Gasteiger partial charge in [0.1, 0.15) is 0 Å². The van der Waals surface area contributed by atoms with E-state index in [4.69, 9.17) is 0 Å². The number of esters is 1. The third kappa shape index (κ3) is 3.44. The Kier molecular flexibility index (Phi) is 4.65. The summed E-state index contributed by atoms with van der Waals surface area (Å²) in [5, 5.41) is 4.89. The molecule has 1 aliphatic rings. The maximum Gasteiger partial charge on any atom is 0.316 e. The molecule has 138 valence electrons. The lowest BCUT2D eigenvalue weighted by Crippen LogP contribution is -2.22. The van der Waals surface area contributed by atoms with Gasteiger partial charge in [-0.3, -0.25) is 9.59 Å². The van der Waals surface area contributed by atoms with Crippen LogP contribution in [0.4, 0.5) is 0 Å². The molecule has 8 heteroatoms. The van der Waals surface area contributed by atoms with Crippen LogP contribution in [0.15, 0.2) is 35.6 Å². The summed E-state index contributed by atoms with van der Waals surface area (Å²) in [7, 11) is 1.34. The van der Waals surface area contributed by atoms with Gasteiger partial charge in [-0.05, 0) is 24.8 Å². The Bertz CT molecular complexity index is 1030. The molecule has 0 bridgehead atoms. The molecule has 3 aromatic rings. The Labute approximate surface area is 160 Å². The minimum atomic E-state index is -0.344. The number of Topliss-reactive ketones (excluding diaryl/α,β-unsaturated/α-hetero) is 1. The molecular weight excluding hydrogens is 364 g/mol. The molecular formula is C19H18N4O3S. The minimum absolute atomic E-state index is 0.0653. The van der Waals surface area contributed by atoms with Gasteiger partial charge in [-0.15, -0.1) is 5.10 Å². The molecule has 0 fully saturated rings. The lowest BCUT2D eigenvalue weighted by atomic mass is 9.82. The first kappa shape index (κ1) is 17.7. The van der Waals surface area contributed by atoms with Crippen LogP contribution >= 0.6 is 11.8 Å². The van der Waals surface area contributed by atoms with E-state index >= 15 is 0 Å². The molecule has 1 aromatic carbocycles. The van der Waals surface area contributed by atoms with Crippen molar-refractivity contribution in [1.82, 2.24) is 19.6 Å². The predicted molar refractivity (Wildman–Crippen MR) is 100 cm³/mol. The van der Waals surface area contributed by atoms with Crippen LogP contribution in [0.25, 0.3) is 5.78 Å². The molecule has 0 radical (unpaired) electrons. The molecule has 0 amide bonds. The van der Waals surface area contributed by atoms with Gasteiger partial charge >= 0.3 is 5.97 Å². The number of methoxy groups -OCH3 is 1. The number of thioether (sulfide) groups is 1. The average Bonchev–Trinajstić information content (AvgIpc) is 3.10. The van der Waals surface area contributed by atoms with Crippen LogP contribution in [0.1, 0.15) is 39.5 Å². The highest BCUT2D eigenvalue weighted by Gasteiger charge is 2.29. The van der Waals surface area contributed by atoms with Crippen LogP contribution < -0.4 is 0 Å². The largest absolute Gasteiger partial charge is 0.468 e. The van der Waals surface area contributed by atoms with Crippen LogP contribution in [0.5, 0.6) is 0 Å². The fourth-order valence-electron chi connectivity index (χ4n) is 3.25. The number of ether oxygens (including phenoxy) is 1. The van der Waals surface area contributed by atoms with E-state index in [1.807, 2.05) is 6.92 Å². The van der Waals surface area contributed by atoms with Crippen LogP contribution in [-0.2, 0) is 16.0 Å². The Hall–Kier alpha value is -2.74. The standard InChI is InChI=1S/C19H18N4O3S/c1-11-3-5-12(6-4-11)13-7-15-14(16(24)8-13)9-20-18-21-19(22-23(15)18)27-10-17(25)26-2/h3-6,9,13H,7-8,10H2,1-2H3. The van der Waals surface area contributed by atoms with E-state index in [0.717, 1.165) is 11.3 Å². The van der Waals surface area contributed by atoms with Gasteiger partial charge in [0, 0.05) is 12.6 Å². The lowest BCUT2D eigenvalue weighted by molar-refractivity contribution is -0.137. The van der Waals surface area contributed by atoms with Crippen molar-refractivity contribution in [3.8, 4) is 0 Å². The highest BCUT2D eigenvalue weighted by atomic mass is 32.2. The molecule has 2 heterocycles. The summed E-state index contributed by atoms with van der Waals surface area (Å²) in [6.45, 7) is 2.04. The first-order chi connectivity index (χ1) is 13.0. The quantitative estimate of drug-likeness (QED) is 0.506. The Morgan fingerprint density at radius 2 is 2.07 bits per heavy atom. The summed E-state index contributed by atoms with van der Waals surface area (Å²) in [5.41, 5.74) is 3.75. The number of ketones is 1. The van der Waals surface area contributed by atoms with Crippen molar-refractivity contribution < 1.29 is 14.3 Å². The molecule has 0 spiro atoms. The number of benzene rings is 1. The normalized spacial score (nSPS) is 16.4. The Morgan fingerprint density at radius 3 is 2.81 bits per heavy atom. The molecule has 0 N–H and O–H groups in total. The predicted octanol–water partition coefficient (Wildman–Crippen LogP) is 2.61. The SMILES string of the molecule is COC(=O)CSc1nc2ncc3c(n2n1)CC(c1ccc(C)cc1)CC3=O. The molecule has 4 rings (SSSR count). The number of carbonyl (C=O) groups is 2. The Balaban J connectivity index is 1.68. The molecule has 7 nitrogen and oxygen atoms in total. The summed E-state index contributed by atoms with van der Waals surface area (Å²) >= 11 is 1.19. The second kappa shape index (κ2) is 7.11. The molecule has 27 heavy (non-hydrogen) atoms. The van der Waals surface area contributed by atoms with E-state index in [9.17, 15) is 9.59 Å². The molecule has 2 aromatic heterocycles. The van der Waals surface area contributed by atoms with E-state index in [1.54, 1.807) is 10.7 Å². The zero-order valence-corrected chi connectivity index (χ0v) is 15.8. The number of aryl methyl sites for hydroxylation is 1. The minimum Gasteiger partial charge on any atom is -0.468 e. The molecule has 1 unspecified atom stereocenters. The molecule has 1 aliphatic carbocycles. The monoisotopic (exact) mass is 382 g/mol. The van der Waals surface area contributed by atoms with Gasteiger partial charge in [-0.2, -0.15) is 9.50 Å². The van der Waals surface area contributed by atoms with Crippen LogP contribution in [0.3, 0.4) is 0 Å². The van der Waals surface area contributed by atoms with Crippen molar-refractivity contribution in [3.63, 3.8) is 0 Å². The average molecular weight is 382 g/mol. The first-order valence-electron chi connectivity index (χ1n) is 8.59. The number of rotatable bonds is 4. The van der Waals surface area contributed by atoms with Crippen LogP contribution in [-0.4, -0.2) is 44.2 Å². The van der Waals surface area contributed by atoms with Crippen molar-refractivity contribution in [2.24, 2.45) is 0 Å². The number of hydrogen-bond donors (Lipinski definition) is 0. The van der Waals surface area contributed by atoms with E-state index in [-0.39, 0.29) is 23.4 Å². The van der Waals surface area contributed by atoms with E-state index in [0.29, 0.717) is 29.3 Å². The fourth-order valence-corrected chi connectivity index (χ4v) is 3.90. The molecule has 1 atom stereocenters. The van der Waals surface area contributed by atoms with E-state index in [1.165, 1.54) is 24.4 Å². The van der Waals surface area contributed by atoms with Gasteiger partial charge in [0.05, 0.1) is 24.1 Å². The highest BCUT2D eigenvalue weighted by molar-refractivity contribution is 7.99. The number of aromatic nitrogens is 4. The highest BCUT2D eigenvalue weighted by Crippen LogP contribution is 2.32. The van der Waals surface area contributed by atoms with Crippen molar-refractivity contribution in [2.45, 2.75) is 30.8 Å². The van der Waals surface area contributed by atoms with E-state index < -0.39 is 0 Å². The second-order valence-electron chi connectivity index (χ2n) is 6.53. The van der Waals surface area contributed by atoms with Gasteiger partial charge in [0.15, 0.2) is 5.78 Å². The van der Waals surface area contributed by atoms with Crippen LogP contribution in [0, 0.1) is 6.92 Å². The number of hydrogen-bond acceptors (Lipinski definition) is 7. The maximum absolute atomic E-state index is 12.7. The third-order valence-corrected chi connectivity index (χ3v) is 5.52.